The van der Waals surface area contributed by atoms with Gasteiger partial charge in [-0.05, 0) is 24.8 Å². The Hall–Kier alpha value is -2.59. The van der Waals surface area contributed by atoms with E-state index < -0.39 is 0 Å². The van der Waals surface area contributed by atoms with Gasteiger partial charge in [-0.15, -0.1) is 0 Å². The monoisotopic (exact) mass is 309 g/mol. The van der Waals surface area contributed by atoms with Crippen LogP contribution in [-0.2, 0) is 6.54 Å². The number of H-pyrrole nitrogens is 1. The van der Waals surface area contributed by atoms with E-state index in [2.05, 4.69) is 30.7 Å². The summed E-state index contributed by atoms with van der Waals surface area (Å²) in [7, 11) is 0. The molecule has 1 saturated heterocycles. The molecule has 1 aliphatic rings. The topological polar surface area (TPSA) is 99.6 Å². The smallest absolute Gasteiger partial charge is 0.142 e. The van der Waals surface area contributed by atoms with Gasteiger partial charge in [0.05, 0.1) is 18.8 Å². The summed E-state index contributed by atoms with van der Waals surface area (Å²) in [6.45, 7) is 2.22. The van der Waals surface area contributed by atoms with Crippen molar-refractivity contribution in [1.82, 2.24) is 19.6 Å². The summed E-state index contributed by atoms with van der Waals surface area (Å²) in [5.41, 5.74) is 8.73. The van der Waals surface area contributed by atoms with Gasteiger partial charge in [0.25, 0.3) is 0 Å². The summed E-state index contributed by atoms with van der Waals surface area (Å²) in [5, 5.41) is 12.2. The SMILES string of the molecule is N#CCC1CCN(n2c(CN)nc3cnc4[nH]ccc4c32)CC1. The van der Waals surface area contributed by atoms with E-state index in [1.807, 2.05) is 12.3 Å². The molecule has 0 spiro atoms. The van der Waals surface area contributed by atoms with Gasteiger partial charge < -0.3 is 15.7 Å². The van der Waals surface area contributed by atoms with Gasteiger partial charge in [0, 0.05) is 31.1 Å². The van der Waals surface area contributed by atoms with Crippen LogP contribution < -0.4 is 10.7 Å². The molecule has 3 aromatic rings. The van der Waals surface area contributed by atoms with Crippen LogP contribution in [0.1, 0.15) is 25.1 Å². The molecule has 0 atom stereocenters. The highest BCUT2D eigenvalue weighted by molar-refractivity contribution is 6.01. The zero-order chi connectivity index (χ0) is 15.8. The van der Waals surface area contributed by atoms with Gasteiger partial charge in [0.2, 0.25) is 0 Å². The van der Waals surface area contributed by atoms with Gasteiger partial charge in [-0.25, -0.2) is 14.6 Å². The Morgan fingerprint density at radius 3 is 2.96 bits per heavy atom. The number of aromatic nitrogens is 4. The number of nitrogens with two attached hydrogens (primary N) is 1. The highest BCUT2D eigenvalue weighted by atomic mass is 15.6. The zero-order valence-corrected chi connectivity index (χ0v) is 12.9. The van der Waals surface area contributed by atoms with E-state index in [4.69, 9.17) is 11.0 Å². The minimum atomic E-state index is 0.388. The Balaban J connectivity index is 1.79. The van der Waals surface area contributed by atoms with Crippen molar-refractivity contribution in [3.8, 4) is 6.07 Å². The molecular weight excluding hydrogens is 290 g/mol. The van der Waals surface area contributed by atoms with Gasteiger partial charge in [0.1, 0.15) is 22.5 Å². The lowest BCUT2D eigenvalue weighted by Gasteiger charge is -2.34. The summed E-state index contributed by atoms with van der Waals surface area (Å²) in [6, 6.07) is 4.32. The van der Waals surface area contributed by atoms with Crippen LogP contribution in [-0.4, -0.2) is 32.7 Å². The molecule has 0 aromatic carbocycles. The van der Waals surface area contributed by atoms with Crippen LogP contribution in [0.15, 0.2) is 18.5 Å². The van der Waals surface area contributed by atoms with Crippen LogP contribution in [0.5, 0.6) is 0 Å². The fourth-order valence-corrected chi connectivity index (χ4v) is 3.49. The Bertz CT molecular complexity index is 877. The van der Waals surface area contributed by atoms with E-state index in [9.17, 15) is 0 Å². The number of piperidine rings is 1. The van der Waals surface area contributed by atoms with Crippen LogP contribution in [0.4, 0.5) is 0 Å². The molecule has 23 heavy (non-hydrogen) atoms. The minimum Gasteiger partial charge on any atom is -0.346 e. The molecule has 0 aliphatic carbocycles. The predicted octanol–water partition coefficient (Wildman–Crippen LogP) is 1.63. The number of rotatable bonds is 3. The van der Waals surface area contributed by atoms with Gasteiger partial charge >= 0.3 is 0 Å². The Kier molecular flexibility index (Phi) is 3.39. The fourth-order valence-electron chi connectivity index (χ4n) is 3.49. The van der Waals surface area contributed by atoms with E-state index in [0.29, 0.717) is 18.9 Å². The normalized spacial score (nSPS) is 16.3. The third kappa shape index (κ3) is 2.23. The van der Waals surface area contributed by atoms with Crippen molar-refractivity contribution in [1.29, 1.82) is 5.26 Å². The van der Waals surface area contributed by atoms with Crippen molar-refractivity contribution in [3.63, 3.8) is 0 Å². The molecule has 0 amide bonds. The lowest BCUT2D eigenvalue weighted by molar-refractivity contribution is 0.368. The maximum absolute atomic E-state index is 8.88. The summed E-state index contributed by atoms with van der Waals surface area (Å²) in [4.78, 5) is 12.2. The molecule has 0 saturated carbocycles. The maximum Gasteiger partial charge on any atom is 0.142 e. The third-order valence-corrected chi connectivity index (χ3v) is 4.68. The van der Waals surface area contributed by atoms with Crippen molar-refractivity contribution in [2.75, 3.05) is 18.1 Å². The van der Waals surface area contributed by atoms with Crippen molar-refractivity contribution in [2.24, 2.45) is 11.7 Å². The van der Waals surface area contributed by atoms with Crippen LogP contribution >= 0.6 is 0 Å². The minimum absolute atomic E-state index is 0.388. The average molecular weight is 309 g/mol. The quantitative estimate of drug-likeness (QED) is 0.766. The second kappa shape index (κ2) is 5.56. The van der Waals surface area contributed by atoms with Crippen LogP contribution in [0.2, 0.25) is 0 Å². The zero-order valence-electron chi connectivity index (χ0n) is 12.9. The first-order valence-electron chi connectivity index (χ1n) is 7.97. The first-order chi connectivity index (χ1) is 11.3. The number of imidazole rings is 1. The first kappa shape index (κ1) is 14.0. The number of nitriles is 1. The molecule has 4 rings (SSSR count). The van der Waals surface area contributed by atoms with Crippen LogP contribution in [0.3, 0.4) is 0 Å². The van der Waals surface area contributed by atoms with Crippen molar-refractivity contribution >= 4 is 22.1 Å². The Morgan fingerprint density at radius 2 is 2.22 bits per heavy atom. The molecule has 0 unspecified atom stereocenters. The molecule has 118 valence electrons. The third-order valence-electron chi connectivity index (χ3n) is 4.68. The standard InChI is InChI=1S/C16H19N7/c17-5-1-11-3-7-22(8-4-11)23-14(9-18)21-13-10-20-16-12(15(13)23)2-6-19-16/h2,6,10-11H,1,3-4,7-9,18H2,(H,19,20). The molecular formula is C16H19N7. The number of aromatic amines is 1. The highest BCUT2D eigenvalue weighted by Crippen LogP contribution is 2.27. The summed E-state index contributed by atoms with van der Waals surface area (Å²) in [6.07, 6.45) is 6.40. The summed E-state index contributed by atoms with van der Waals surface area (Å²) >= 11 is 0. The highest BCUT2D eigenvalue weighted by Gasteiger charge is 2.23. The Labute approximate surface area is 133 Å². The van der Waals surface area contributed by atoms with E-state index in [1.165, 1.54) is 0 Å². The largest absolute Gasteiger partial charge is 0.346 e. The molecule has 3 N–H and O–H groups in total. The number of nitrogens with zero attached hydrogens (tertiary/aromatic N) is 5. The van der Waals surface area contributed by atoms with Crippen molar-refractivity contribution in [3.05, 3.63) is 24.3 Å². The second-order valence-corrected chi connectivity index (χ2v) is 6.04. The van der Waals surface area contributed by atoms with E-state index in [-0.39, 0.29) is 0 Å². The van der Waals surface area contributed by atoms with Gasteiger partial charge in [-0.3, -0.25) is 0 Å². The van der Waals surface area contributed by atoms with Gasteiger partial charge in [-0.1, -0.05) is 0 Å². The first-order valence-corrected chi connectivity index (χ1v) is 7.97. The maximum atomic E-state index is 8.88. The average Bonchev–Trinajstić information content (AvgIpc) is 3.19. The number of fused-ring (bicyclic) bond motifs is 3. The molecule has 7 heteroatoms. The number of nitrogens with one attached hydrogen (secondary N) is 1. The molecule has 1 fully saturated rings. The number of hydrogen-bond donors (Lipinski definition) is 2. The van der Waals surface area contributed by atoms with Crippen molar-refractivity contribution in [2.45, 2.75) is 25.8 Å². The lowest BCUT2D eigenvalue weighted by atomic mass is 9.95. The van der Waals surface area contributed by atoms with E-state index >= 15 is 0 Å². The van der Waals surface area contributed by atoms with Crippen LogP contribution in [0, 0.1) is 17.2 Å². The van der Waals surface area contributed by atoms with Gasteiger partial charge in [0.15, 0.2) is 0 Å². The molecule has 7 nitrogen and oxygen atoms in total. The fraction of sp³-hybridized carbons (Fsp3) is 0.438. The lowest BCUT2D eigenvalue weighted by Crippen LogP contribution is -2.42. The number of hydrogen-bond acceptors (Lipinski definition) is 5. The molecule has 0 bridgehead atoms. The van der Waals surface area contributed by atoms with E-state index in [1.54, 1.807) is 6.20 Å². The molecule has 3 aromatic heterocycles. The van der Waals surface area contributed by atoms with Crippen molar-refractivity contribution < 1.29 is 0 Å². The Morgan fingerprint density at radius 1 is 1.39 bits per heavy atom. The molecule has 1 aliphatic heterocycles. The predicted molar refractivity (Wildman–Crippen MR) is 88.2 cm³/mol. The van der Waals surface area contributed by atoms with E-state index in [0.717, 1.165) is 53.8 Å². The summed E-state index contributed by atoms with van der Waals surface area (Å²) in [5.74, 6) is 1.36. The van der Waals surface area contributed by atoms with Gasteiger partial charge in [-0.2, -0.15) is 5.26 Å². The second-order valence-electron chi connectivity index (χ2n) is 6.04. The van der Waals surface area contributed by atoms with Crippen LogP contribution in [0.25, 0.3) is 22.1 Å². The summed E-state index contributed by atoms with van der Waals surface area (Å²) < 4.78 is 2.16. The molecule has 0 radical (unpaired) electrons. The molecule has 4 heterocycles. The number of pyridine rings is 1.